The average Bonchev–Trinajstić information content (AvgIpc) is 2.69. The van der Waals surface area contributed by atoms with Crippen molar-refractivity contribution >= 4 is 46.6 Å². The Morgan fingerprint density at radius 1 is 1.21 bits per heavy atom. The van der Waals surface area contributed by atoms with E-state index in [0.717, 1.165) is 5.56 Å². The molecule has 2 N–H and O–H groups in total. The lowest BCUT2D eigenvalue weighted by Crippen LogP contribution is -2.10. The molecule has 0 bridgehead atoms. The first-order valence-electron chi connectivity index (χ1n) is 8.70. The van der Waals surface area contributed by atoms with Crippen molar-refractivity contribution < 1.29 is 24.2 Å². The van der Waals surface area contributed by atoms with Crippen LogP contribution in [0.5, 0.6) is 5.75 Å². The van der Waals surface area contributed by atoms with Crippen LogP contribution in [0.4, 0.5) is 11.4 Å². The highest BCUT2D eigenvalue weighted by Crippen LogP contribution is 2.34. The number of carbonyl (C=O) groups is 2. The van der Waals surface area contributed by atoms with Gasteiger partial charge in [-0.2, -0.15) is 0 Å². The Hall–Kier alpha value is -3.32. The zero-order valence-electron chi connectivity index (χ0n) is 16.2. The number of carboxylic acids is 1. The van der Waals surface area contributed by atoms with E-state index in [0.29, 0.717) is 28.0 Å². The molecular weight excluding hydrogens is 396 g/mol. The number of esters is 1. The van der Waals surface area contributed by atoms with Gasteiger partial charge in [0.2, 0.25) is 0 Å². The number of hydrogen-bond donors (Lipinski definition) is 2. The van der Waals surface area contributed by atoms with Gasteiger partial charge in [0.1, 0.15) is 16.8 Å². The maximum Gasteiger partial charge on any atom is 0.341 e. The second-order valence-corrected chi connectivity index (χ2v) is 6.08. The number of nitrogens with zero attached hydrogens (tertiary/aromatic N) is 1. The van der Waals surface area contributed by atoms with Crippen molar-refractivity contribution in [2.24, 2.45) is 0 Å². The number of ether oxygens (including phenoxy) is 2. The van der Waals surface area contributed by atoms with Crippen LogP contribution >= 0.6 is 12.4 Å². The molecule has 152 valence electrons. The van der Waals surface area contributed by atoms with E-state index in [1.807, 2.05) is 13.0 Å². The minimum atomic E-state index is -1.03. The Balaban J connectivity index is 0.00000300. The highest BCUT2D eigenvalue weighted by Gasteiger charge is 2.19. The van der Waals surface area contributed by atoms with Gasteiger partial charge >= 0.3 is 11.9 Å². The van der Waals surface area contributed by atoms with Gasteiger partial charge in [-0.05, 0) is 37.6 Å². The Labute approximate surface area is 174 Å². The number of aromatic nitrogens is 1. The Morgan fingerprint density at radius 2 is 1.97 bits per heavy atom. The van der Waals surface area contributed by atoms with E-state index in [9.17, 15) is 14.7 Å². The van der Waals surface area contributed by atoms with Crippen molar-refractivity contribution in [3.05, 3.63) is 59.3 Å². The normalized spacial score (nSPS) is 10.2. The number of rotatable bonds is 6. The molecule has 0 radical (unpaired) electrons. The van der Waals surface area contributed by atoms with E-state index in [2.05, 4.69) is 10.3 Å². The van der Waals surface area contributed by atoms with Crippen molar-refractivity contribution in [2.75, 3.05) is 19.0 Å². The van der Waals surface area contributed by atoms with Crippen LogP contribution < -0.4 is 10.1 Å². The van der Waals surface area contributed by atoms with Gasteiger partial charge in [0.05, 0.1) is 25.0 Å². The van der Waals surface area contributed by atoms with Gasteiger partial charge in [-0.15, -0.1) is 12.4 Å². The number of benzene rings is 2. The fourth-order valence-corrected chi connectivity index (χ4v) is 2.88. The van der Waals surface area contributed by atoms with E-state index in [1.54, 1.807) is 32.2 Å². The first-order chi connectivity index (χ1) is 13.5. The van der Waals surface area contributed by atoms with Gasteiger partial charge in [-0.3, -0.25) is 4.98 Å². The van der Waals surface area contributed by atoms with Crippen molar-refractivity contribution in [3.63, 3.8) is 0 Å². The summed E-state index contributed by atoms with van der Waals surface area (Å²) in [5, 5.41) is 13.2. The van der Waals surface area contributed by atoms with E-state index < -0.39 is 11.9 Å². The summed E-state index contributed by atoms with van der Waals surface area (Å²) < 4.78 is 10.5. The molecule has 3 rings (SSSR count). The zero-order chi connectivity index (χ0) is 20.3. The summed E-state index contributed by atoms with van der Waals surface area (Å²) in [6.07, 6.45) is 1.43. The molecule has 0 amide bonds. The second kappa shape index (κ2) is 9.25. The number of hydrogen-bond acceptors (Lipinski definition) is 6. The molecule has 7 nitrogen and oxygen atoms in total. The molecule has 0 fully saturated rings. The standard InChI is InChI=1S/C21H20N2O5.ClH/c1-4-28-21(26)15-11-22-19-14(6-5-7-17(19)27-3)18(15)23-16-10-13(20(24)25)9-8-12(16)2;/h5-11H,4H2,1-3H3,(H,22,23)(H,24,25);1H. The maximum absolute atomic E-state index is 12.5. The number of fused-ring (bicyclic) bond motifs is 1. The molecule has 0 spiro atoms. The van der Waals surface area contributed by atoms with Gasteiger partial charge in [0, 0.05) is 17.3 Å². The quantitative estimate of drug-likeness (QED) is 0.567. The second-order valence-electron chi connectivity index (χ2n) is 6.08. The van der Waals surface area contributed by atoms with Crippen LogP contribution in [0.1, 0.15) is 33.2 Å². The summed E-state index contributed by atoms with van der Waals surface area (Å²) in [5.41, 5.74) is 2.85. The number of methoxy groups -OCH3 is 1. The number of carbonyl (C=O) groups excluding carboxylic acids is 1. The molecule has 0 saturated carbocycles. The third-order valence-corrected chi connectivity index (χ3v) is 4.32. The van der Waals surface area contributed by atoms with E-state index in [-0.39, 0.29) is 30.1 Å². The van der Waals surface area contributed by atoms with Crippen molar-refractivity contribution in [1.82, 2.24) is 4.98 Å². The highest BCUT2D eigenvalue weighted by atomic mass is 35.5. The summed E-state index contributed by atoms with van der Waals surface area (Å²) in [6.45, 7) is 3.80. The summed E-state index contributed by atoms with van der Waals surface area (Å²) in [7, 11) is 1.54. The van der Waals surface area contributed by atoms with E-state index in [4.69, 9.17) is 9.47 Å². The highest BCUT2D eigenvalue weighted by molar-refractivity contribution is 6.07. The van der Waals surface area contributed by atoms with Crippen LogP contribution in [0, 0.1) is 6.92 Å². The SMILES string of the molecule is CCOC(=O)c1cnc2c(OC)cccc2c1Nc1cc(C(=O)O)ccc1C.Cl. The predicted molar refractivity (Wildman–Crippen MR) is 113 cm³/mol. The lowest BCUT2D eigenvalue weighted by atomic mass is 10.1. The summed E-state index contributed by atoms with van der Waals surface area (Å²) in [5.74, 6) is -0.990. The molecular formula is C21H21ClN2O5. The summed E-state index contributed by atoms with van der Waals surface area (Å²) >= 11 is 0. The topological polar surface area (TPSA) is 97.8 Å². The third kappa shape index (κ3) is 4.41. The van der Waals surface area contributed by atoms with Crippen LogP contribution in [0.15, 0.2) is 42.6 Å². The zero-order valence-corrected chi connectivity index (χ0v) is 17.0. The van der Waals surface area contributed by atoms with Crippen molar-refractivity contribution in [2.45, 2.75) is 13.8 Å². The predicted octanol–water partition coefficient (Wildman–Crippen LogP) is 4.59. The van der Waals surface area contributed by atoms with Gasteiger partial charge in [0.25, 0.3) is 0 Å². The van der Waals surface area contributed by atoms with Crippen molar-refractivity contribution in [1.29, 1.82) is 0 Å². The van der Waals surface area contributed by atoms with Gasteiger partial charge in [-0.25, -0.2) is 9.59 Å². The molecule has 0 saturated heterocycles. The van der Waals surface area contributed by atoms with Crippen LogP contribution in [0.25, 0.3) is 10.9 Å². The first kappa shape index (κ1) is 22.0. The smallest absolute Gasteiger partial charge is 0.341 e. The molecule has 8 heteroatoms. The number of pyridine rings is 1. The number of aromatic carboxylic acids is 1. The number of halogens is 1. The average molecular weight is 417 g/mol. The summed E-state index contributed by atoms with van der Waals surface area (Å²) in [4.78, 5) is 28.2. The van der Waals surface area contributed by atoms with Gasteiger partial charge < -0.3 is 19.9 Å². The Bertz CT molecular complexity index is 1070. The number of aryl methyl sites for hydroxylation is 1. The van der Waals surface area contributed by atoms with Crippen LogP contribution in [-0.4, -0.2) is 35.7 Å². The molecule has 2 aromatic carbocycles. The summed E-state index contributed by atoms with van der Waals surface area (Å²) in [6, 6.07) is 10.1. The fraction of sp³-hybridized carbons (Fsp3) is 0.190. The fourth-order valence-electron chi connectivity index (χ4n) is 2.88. The van der Waals surface area contributed by atoms with Crippen molar-refractivity contribution in [3.8, 4) is 5.75 Å². The minimum absolute atomic E-state index is 0. The molecule has 3 aromatic rings. The monoisotopic (exact) mass is 416 g/mol. The molecule has 1 heterocycles. The molecule has 0 aliphatic carbocycles. The Morgan fingerprint density at radius 3 is 2.62 bits per heavy atom. The molecule has 1 aromatic heterocycles. The number of carboxylic acid groups (broad SMARTS) is 1. The molecule has 0 aliphatic heterocycles. The van der Waals surface area contributed by atoms with E-state index in [1.165, 1.54) is 18.3 Å². The lowest BCUT2D eigenvalue weighted by Gasteiger charge is -2.17. The molecule has 29 heavy (non-hydrogen) atoms. The minimum Gasteiger partial charge on any atom is -0.494 e. The largest absolute Gasteiger partial charge is 0.494 e. The molecule has 0 aliphatic rings. The number of anilines is 2. The number of para-hydroxylation sites is 1. The first-order valence-corrected chi connectivity index (χ1v) is 8.70. The maximum atomic E-state index is 12.5. The number of nitrogens with one attached hydrogen (secondary N) is 1. The Kier molecular flexibility index (Phi) is 7.01. The molecule has 0 unspecified atom stereocenters. The van der Waals surface area contributed by atoms with Gasteiger partial charge in [-0.1, -0.05) is 18.2 Å². The lowest BCUT2D eigenvalue weighted by molar-refractivity contribution is 0.0526. The van der Waals surface area contributed by atoms with E-state index >= 15 is 0 Å². The van der Waals surface area contributed by atoms with Crippen LogP contribution in [-0.2, 0) is 4.74 Å². The van der Waals surface area contributed by atoms with Crippen LogP contribution in [0.3, 0.4) is 0 Å². The van der Waals surface area contributed by atoms with Crippen LogP contribution in [0.2, 0.25) is 0 Å². The molecule has 0 atom stereocenters. The third-order valence-electron chi connectivity index (χ3n) is 4.32. The van der Waals surface area contributed by atoms with Gasteiger partial charge in [0.15, 0.2) is 0 Å².